The zero-order chi connectivity index (χ0) is 15.2. The van der Waals surface area contributed by atoms with E-state index in [4.69, 9.17) is 5.73 Å². The van der Waals surface area contributed by atoms with Crippen molar-refractivity contribution >= 4 is 17.3 Å². The van der Waals surface area contributed by atoms with Gasteiger partial charge in [-0.05, 0) is 62.5 Å². The van der Waals surface area contributed by atoms with Crippen LogP contribution in [0.25, 0.3) is 0 Å². The number of anilines is 2. The summed E-state index contributed by atoms with van der Waals surface area (Å²) in [4.78, 5) is 14.4. The molecule has 0 saturated carbocycles. The summed E-state index contributed by atoms with van der Waals surface area (Å²) in [6, 6.07) is 5.57. The summed E-state index contributed by atoms with van der Waals surface area (Å²) in [5.41, 5.74) is 8.31. The highest BCUT2D eigenvalue weighted by atomic mass is 16.2. The maximum atomic E-state index is 12.1. The molecule has 1 aromatic rings. The largest absolute Gasteiger partial charge is 0.399 e. The Balaban J connectivity index is 1.80. The van der Waals surface area contributed by atoms with Crippen LogP contribution in [0.4, 0.5) is 11.4 Å². The number of piperidine rings is 1. The van der Waals surface area contributed by atoms with Crippen molar-refractivity contribution in [3.05, 3.63) is 23.8 Å². The molecule has 3 N–H and O–H groups in total. The number of likely N-dealkylation sites (tertiary alicyclic amines) is 1. The van der Waals surface area contributed by atoms with Gasteiger partial charge < -0.3 is 11.1 Å². The molecule has 1 heterocycles. The SMILES string of the molecule is CCCC1CCN(CC(=O)Nc2ccc(N)cc2C)CC1. The van der Waals surface area contributed by atoms with E-state index < -0.39 is 0 Å². The third-order valence-corrected chi connectivity index (χ3v) is 4.30. The lowest BCUT2D eigenvalue weighted by molar-refractivity contribution is -0.117. The number of nitrogens with one attached hydrogen (secondary N) is 1. The van der Waals surface area contributed by atoms with Crippen LogP contribution >= 0.6 is 0 Å². The van der Waals surface area contributed by atoms with E-state index in [1.165, 1.54) is 25.7 Å². The third-order valence-electron chi connectivity index (χ3n) is 4.30. The second-order valence-corrected chi connectivity index (χ2v) is 6.13. The molecule has 0 atom stereocenters. The van der Waals surface area contributed by atoms with Crippen molar-refractivity contribution in [1.29, 1.82) is 0 Å². The van der Waals surface area contributed by atoms with Gasteiger partial charge in [0.2, 0.25) is 5.91 Å². The van der Waals surface area contributed by atoms with Gasteiger partial charge in [0, 0.05) is 11.4 Å². The standard InChI is InChI=1S/C17H27N3O/c1-3-4-14-7-9-20(10-8-14)12-17(21)19-16-6-5-15(18)11-13(16)2/h5-6,11,14H,3-4,7-10,12,18H2,1-2H3,(H,19,21). The Kier molecular flexibility index (Phi) is 5.62. The lowest BCUT2D eigenvalue weighted by atomic mass is 9.92. The summed E-state index contributed by atoms with van der Waals surface area (Å²) in [6.45, 7) is 6.78. The van der Waals surface area contributed by atoms with E-state index in [2.05, 4.69) is 17.1 Å². The molecule has 1 aliphatic heterocycles. The first-order valence-corrected chi connectivity index (χ1v) is 7.96. The molecule has 4 nitrogen and oxygen atoms in total. The minimum absolute atomic E-state index is 0.0665. The summed E-state index contributed by atoms with van der Waals surface area (Å²) in [7, 11) is 0. The predicted octanol–water partition coefficient (Wildman–Crippen LogP) is 3.03. The van der Waals surface area contributed by atoms with Crippen molar-refractivity contribution in [2.45, 2.75) is 39.5 Å². The highest BCUT2D eigenvalue weighted by molar-refractivity contribution is 5.93. The molecule has 0 spiro atoms. The number of hydrogen-bond acceptors (Lipinski definition) is 3. The van der Waals surface area contributed by atoms with E-state index in [-0.39, 0.29) is 5.91 Å². The van der Waals surface area contributed by atoms with E-state index in [9.17, 15) is 4.79 Å². The second kappa shape index (κ2) is 7.46. The molecule has 0 aliphatic carbocycles. The zero-order valence-corrected chi connectivity index (χ0v) is 13.2. The van der Waals surface area contributed by atoms with Gasteiger partial charge in [-0.2, -0.15) is 0 Å². The van der Waals surface area contributed by atoms with E-state index >= 15 is 0 Å². The van der Waals surface area contributed by atoms with Gasteiger partial charge in [-0.1, -0.05) is 19.8 Å². The number of benzene rings is 1. The molecule has 0 radical (unpaired) electrons. The number of amides is 1. The fraction of sp³-hybridized carbons (Fsp3) is 0.588. The summed E-state index contributed by atoms with van der Waals surface area (Å²) < 4.78 is 0. The van der Waals surface area contributed by atoms with Gasteiger partial charge in [-0.15, -0.1) is 0 Å². The fourth-order valence-electron chi connectivity index (χ4n) is 3.06. The molecule has 0 aromatic heterocycles. The molecule has 1 saturated heterocycles. The van der Waals surface area contributed by atoms with Crippen molar-refractivity contribution in [1.82, 2.24) is 4.90 Å². The number of aryl methyl sites for hydroxylation is 1. The van der Waals surface area contributed by atoms with Gasteiger partial charge in [0.25, 0.3) is 0 Å². The quantitative estimate of drug-likeness (QED) is 0.819. The van der Waals surface area contributed by atoms with Crippen LogP contribution in [-0.4, -0.2) is 30.4 Å². The Morgan fingerprint density at radius 3 is 2.71 bits per heavy atom. The van der Waals surface area contributed by atoms with Crippen LogP contribution in [0.15, 0.2) is 18.2 Å². The van der Waals surface area contributed by atoms with Gasteiger partial charge in [-0.25, -0.2) is 0 Å². The summed E-state index contributed by atoms with van der Waals surface area (Å²) in [6.07, 6.45) is 5.04. The summed E-state index contributed by atoms with van der Waals surface area (Å²) in [5, 5.41) is 2.98. The number of rotatable bonds is 5. The molecule has 2 rings (SSSR count). The number of carbonyl (C=O) groups excluding carboxylic acids is 1. The molecular formula is C17H27N3O. The number of hydrogen-bond donors (Lipinski definition) is 2. The second-order valence-electron chi connectivity index (χ2n) is 6.13. The first-order chi connectivity index (χ1) is 10.1. The molecule has 1 fully saturated rings. The van der Waals surface area contributed by atoms with Gasteiger partial charge in [0.15, 0.2) is 0 Å². The molecule has 1 amide bonds. The van der Waals surface area contributed by atoms with Crippen molar-refractivity contribution in [3.8, 4) is 0 Å². The number of nitrogens with two attached hydrogens (primary N) is 1. The topological polar surface area (TPSA) is 58.4 Å². The van der Waals surface area contributed by atoms with Gasteiger partial charge in [-0.3, -0.25) is 9.69 Å². The van der Waals surface area contributed by atoms with E-state index in [0.29, 0.717) is 6.54 Å². The van der Waals surface area contributed by atoms with Gasteiger partial charge in [0.05, 0.1) is 6.54 Å². The van der Waals surface area contributed by atoms with Crippen molar-refractivity contribution in [2.24, 2.45) is 5.92 Å². The molecule has 4 heteroatoms. The number of nitrogen functional groups attached to an aromatic ring is 1. The lowest BCUT2D eigenvalue weighted by Gasteiger charge is -2.31. The molecule has 1 aromatic carbocycles. The van der Waals surface area contributed by atoms with Gasteiger partial charge in [0.1, 0.15) is 0 Å². The van der Waals surface area contributed by atoms with Crippen molar-refractivity contribution < 1.29 is 4.79 Å². The lowest BCUT2D eigenvalue weighted by Crippen LogP contribution is -2.39. The maximum absolute atomic E-state index is 12.1. The van der Waals surface area contributed by atoms with Crippen molar-refractivity contribution in [3.63, 3.8) is 0 Å². The molecular weight excluding hydrogens is 262 g/mol. The third kappa shape index (κ3) is 4.74. The Labute approximate surface area is 127 Å². The van der Waals surface area contributed by atoms with Crippen LogP contribution in [0, 0.1) is 12.8 Å². The number of nitrogens with zero attached hydrogens (tertiary/aromatic N) is 1. The maximum Gasteiger partial charge on any atom is 0.238 e. The van der Waals surface area contributed by atoms with Crippen LogP contribution in [0.2, 0.25) is 0 Å². The number of carbonyl (C=O) groups is 1. The van der Waals surface area contributed by atoms with E-state index in [0.717, 1.165) is 35.9 Å². The average molecular weight is 289 g/mol. The first-order valence-electron chi connectivity index (χ1n) is 7.96. The van der Waals surface area contributed by atoms with Crippen LogP contribution in [0.1, 0.15) is 38.2 Å². The highest BCUT2D eigenvalue weighted by Crippen LogP contribution is 2.22. The molecule has 0 bridgehead atoms. The van der Waals surface area contributed by atoms with Crippen LogP contribution < -0.4 is 11.1 Å². The molecule has 0 unspecified atom stereocenters. The zero-order valence-electron chi connectivity index (χ0n) is 13.2. The fourth-order valence-corrected chi connectivity index (χ4v) is 3.06. The predicted molar refractivity (Wildman–Crippen MR) is 88.3 cm³/mol. The van der Waals surface area contributed by atoms with Crippen LogP contribution in [0.3, 0.4) is 0 Å². The van der Waals surface area contributed by atoms with Gasteiger partial charge >= 0.3 is 0 Å². The highest BCUT2D eigenvalue weighted by Gasteiger charge is 2.20. The van der Waals surface area contributed by atoms with Crippen LogP contribution in [0.5, 0.6) is 0 Å². The average Bonchev–Trinajstić information content (AvgIpc) is 2.44. The Hall–Kier alpha value is -1.55. The Morgan fingerprint density at radius 1 is 1.38 bits per heavy atom. The first kappa shape index (κ1) is 15.8. The smallest absolute Gasteiger partial charge is 0.238 e. The monoisotopic (exact) mass is 289 g/mol. The Morgan fingerprint density at radius 2 is 2.10 bits per heavy atom. The molecule has 116 valence electrons. The molecule has 1 aliphatic rings. The summed E-state index contributed by atoms with van der Waals surface area (Å²) >= 11 is 0. The molecule has 21 heavy (non-hydrogen) atoms. The summed E-state index contributed by atoms with van der Waals surface area (Å²) in [5.74, 6) is 0.922. The van der Waals surface area contributed by atoms with E-state index in [1.54, 1.807) is 0 Å². The minimum atomic E-state index is 0.0665. The van der Waals surface area contributed by atoms with Crippen LogP contribution in [-0.2, 0) is 4.79 Å². The minimum Gasteiger partial charge on any atom is -0.399 e. The van der Waals surface area contributed by atoms with Crippen molar-refractivity contribution in [2.75, 3.05) is 30.7 Å². The normalized spacial score (nSPS) is 16.9. The van der Waals surface area contributed by atoms with E-state index in [1.807, 2.05) is 25.1 Å². The Bertz CT molecular complexity index is 479.